The molecule has 0 aromatic heterocycles. The highest BCUT2D eigenvalue weighted by Crippen LogP contribution is 2.03. The van der Waals surface area contributed by atoms with E-state index in [1.165, 1.54) is 11.1 Å². The molecule has 0 saturated heterocycles. The van der Waals surface area contributed by atoms with Gasteiger partial charge in [0.1, 0.15) is 0 Å². The van der Waals surface area contributed by atoms with Crippen LogP contribution in [0.4, 0.5) is 0 Å². The Morgan fingerprint density at radius 1 is 1.33 bits per heavy atom. The molecule has 0 aliphatic carbocycles. The summed E-state index contributed by atoms with van der Waals surface area (Å²) in [5.74, 6) is 0.505. The summed E-state index contributed by atoms with van der Waals surface area (Å²) >= 11 is 0. The maximum Gasteiger partial charge on any atom is 0.189 e. The van der Waals surface area contributed by atoms with Crippen molar-refractivity contribution in [2.24, 2.45) is 10.7 Å². The number of aliphatic imine (C=N–C) groups is 1. The summed E-state index contributed by atoms with van der Waals surface area (Å²) in [5.41, 5.74) is 8.13. The molecule has 3 nitrogen and oxygen atoms in total. The maximum absolute atomic E-state index is 5.69. The van der Waals surface area contributed by atoms with Gasteiger partial charge in [-0.05, 0) is 26.3 Å². The highest BCUT2D eigenvalue weighted by atomic mass is 15.1. The van der Waals surface area contributed by atoms with E-state index in [-0.39, 0.29) is 0 Å². The highest BCUT2D eigenvalue weighted by molar-refractivity contribution is 5.78. The number of nitrogens with two attached hydrogens (primary N) is 1. The molecule has 1 aromatic rings. The third kappa shape index (κ3) is 4.49. The lowest BCUT2D eigenvalue weighted by Gasteiger charge is -2.08. The summed E-state index contributed by atoms with van der Waals surface area (Å²) in [5, 5.41) is 3.05. The first-order chi connectivity index (χ1) is 7.08. The molecule has 15 heavy (non-hydrogen) atoms. The average molecular weight is 205 g/mol. The van der Waals surface area contributed by atoms with Crippen LogP contribution in [0.3, 0.4) is 0 Å². The van der Waals surface area contributed by atoms with E-state index in [0.717, 1.165) is 0 Å². The number of nitrogens with one attached hydrogen (secondary N) is 1. The van der Waals surface area contributed by atoms with E-state index in [1.54, 1.807) is 0 Å². The summed E-state index contributed by atoms with van der Waals surface area (Å²) in [7, 11) is 0. The van der Waals surface area contributed by atoms with Gasteiger partial charge in [0.2, 0.25) is 0 Å². The minimum absolute atomic E-state index is 0.326. The Morgan fingerprint density at radius 3 is 2.47 bits per heavy atom. The fourth-order valence-electron chi connectivity index (χ4n) is 1.21. The molecular weight excluding hydrogens is 186 g/mol. The summed E-state index contributed by atoms with van der Waals surface area (Å²) < 4.78 is 0. The van der Waals surface area contributed by atoms with Gasteiger partial charge >= 0.3 is 0 Å². The van der Waals surface area contributed by atoms with Crippen molar-refractivity contribution in [2.45, 2.75) is 33.4 Å². The Labute approximate surface area is 91.4 Å². The van der Waals surface area contributed by atoms with Crippen molar-refractivity contribution in [3.63, 3.8) is 0 Å². The zero-order chi connectivity index (χ0) is 11.3. The lowest BCUT2D eigenvalue weighted by molar-refractivity contribution is 0.723. The molecule has 0 radical (unpaired) electrons. The Balaban J connectivity index is 2.52. The van der Waals surface area contributed by atoms with Crippen LogP contribution in [-0.4, -0.2) is 12.0 Å². The Bertz CT molecular complexity index is 325. The predicted octanol–water partition coefficient (Wildman–Crippen LogP) is 1.81. The molecule has 3 heteroatoms. The first-order valence-electron chi connectivity index (χ1n) is 5.20. The van der Waals surface area contributed by atoms with E-state index in [4.69, 9.17) is 5.73 Å². The van der Waals surface area contributed by atoms with Crippen LogP contribution in [0.15, 0.2) is 29.3 Å². The molecule has 0 atom stereocenters. The smallest absolute Gasteiger partial charge is 0.189 e. The van der Waals surface area contributed by atoms with Gasteiger partial charge in [-0.3, -0.25) is 0 Å². The highest BCUT2D eigenvalue weighted by Gasteiger charge is 1.95. The molecule has 0 spiro atoms. The number of nitrogens with zero attached hydrogens (tertiary/aromatic N) is 1. The van der Waals surface area contributed by atoms with Crippen LogP contribution >= 0.6 is 0 Å². The van der Waals surface area contributed by atoms with Crippen molar-refractivity contribution in [3.8, 4) is 0 Å². The van der Waals surface area contributed by atoms with Crippen LogP contribution in [-0.2, 0) is 6.54 Å². The zero-order valence-corrected chi connectivity index (χ0v) is 9.62. The van der Waals surface area contributed by atoms with Gasteiger partial charge in [-0.2, -0.15) is 0 Å². The number of rotatable bonds is 3. The molecule has 0 aliphatic rings. The second-order valence-electron chi connectivity index (χ2n) is 3.99. The van der Waals surface area contributed by atoms with Gasteiger partial charge in [-0.15, -0.1) is 0 Å². The molecule has 1 aromatic carbocycles. The van der Waals surface area contributed by atoms with Crippen LogP contribution in [0.5, 0.6) is 0 Å². The number of guanidine groups is 1. The van der Waals surface area contributed by atoms with Gasteiger partial charge in [-0.25, -0.2) is 4.99 Å². The van der Waals surface area contributed by atoms with Crippen LogP contribution < -0.4 is 11.1 Å². The second kappa shape index (κ2) is 5.39. The van der Waals surface area contributed by atoms with Gasteiger partial charge in [0.05, 0.1) is 6.54 Å². The molecule has 0 aliphatic heterocycles. The number of aryl methyl sites for hydroxylation is 1. The molecule has 0 bridgehead atoms. The number of hydrogen-bond donors (Lipinski definition) is 2. The molecule has 0 fully saturated rings. The van der Waals surface area contributed by atoms with Crippen LogP contribution in [0.2, 0.25) is 0 Å². The quantitative estimate of drug-likeness (QED) is 0.584. The molecule has 0 amide bonds. The Morgan fingerprint density at radius 2 is 1.93 bits per heavy atom. The fourth-order valence-corrected chi connectivity index (χ4v) is 1.21. The third-order valence-corrected chi connectivity index (χ3v) is 1.99. The van der Waals surface area contributed by atoms with Gasteiger partial charge < -0.3 is 11.1 Å². The summed E-state index contributed by atoms with van der Waals surface area (Å²) in [6.07, 6.45) is 0. The molecule has 0 heterocycles. The van der Waals surface area contributed by atoms with E-state index in [9.17, 15) is 0 Å². The first-order valence-corrected chi connectivity index (χ1v) is 5.20. The SMILES string of the molecule is Cc1ccc(CN=C(N)NC(C)C)cc1. The summed E-state index contributed by atoms with van der Waals surface area (Å²) in [6, 6.07) is 8.63. The summed E-state index contributed by atoms with van der Waals surface area (Å²) in [6.45, 7) is 6.77. The monoisotopic (exact) mass is 205 g/mol. The van der Waals surface area contributed by atoms with E-state index >= 15 is 0 Å². The standard InChI is InChI=1S/C12H19N3/c1-9(2)15-12(13)14-8-11-6-4-10(3)5-7-11/h4-7,9H,8H2,1-3H3,(H3,13,14,15). The first kappa shape index (κ1) is 11.6. The fraction of sp³-hybridized carbons (Fsp3) is 0.417. The third-order valence-electron chi connectivity index (χ3n) is 1.99. The average Bonchev–Trinajstić information content (AvgIpc) is 2.16. The van der Waals surface area contributed by atoms with E-state index in [1.807, 2.05) is 13.8 Å². The minimum atomic E-state index is 0.326. The summed E-state index contributed by atoms with van der Waals surface area (Å²) in [4.78, 5) is 4.25. The van der Waals surface area contributed by atoms with Crippen molar-refractivity contribution in [1.82, 2.24) is 5.32 Å². The lowest BCUT2D eigenvalue weighted by atomic mass is 10.1. The van der Waals surface area contributed by atoms with Crippen molar-refractivity contribution >= 4 is 5.96 Å². The Hall–Kier alpha value is -1.51. The predicted molar refractivity (Wildman–Crippen MR) is 64.8 cm³/mol. The molecule has 1 rings (SSSR count). The van der Waals surface area contributed by atoms with Gasteiger partial charge in [0.15, 0.2) is 5.96 Å². The molecular formula is C12H19N3. The largest absolute Gasteiger partial charge is 0.370 e. The van der Waals surface area contributed by atoms with E-state index < -0.39 is 0 Å². The minimum Gasteiger partial charge on any atom is -0.370 e. The molecule has 82 valence electrons. The van der Waals surface area contributed by atoms with Crippen molar-refractivity contribution in [1.29, 1.82) is 0 Å². The lowest BCUT2D eigenvalue weighted by Crippen LogP contribution is -2.36. The normalized spacial score (nSPS) is 11.9. The number of hydrogen-bond acceptors (Lipinski definition) is 1. The van der Waals surface area contributed by atoms with E-state index in [0.29, 0.717) is 18.5 Å². The van der Waals surface area contributed by atoms with Crippen LogP contribution in [0, 0.1) is 6.92 Å². The second-order valence-corrected chi connectivity index (χ2v) is 3.99. The maximum atomic E-state index is 5.69. The van der Waals surface area contributed by atoms with Gasteiger partial charge in [-0.1, -0.05) is 29.8 Å². The van der Waals surface area contributed by atoms with Crippen molar-refractivity contribution in [3.05, 3.63) is 35.4 Å². The van der Waals surface area contributed by atoms with Crippen LogP contribution in [0.25, 0.3) is 0 Å². The molecule has 3 N–H and O–H groups in total. The van der Waals surface area contributed by atoms with Gasteiger partial charge in [0.25, 0.3) is 0 Å². The van der Waals surface area contributed by atoms with Crippen LogP contribution in [0.1, 0.15) is 25.0 Å². The zero-order valence-electron chi connectivity index (χ0n) is 9.62. The van der Waals surface area contributed by atoms with Crippen molar-refractivity contribution < 1.29 is 0 Å². The van der Waals surface area contributed by atoms with Gasteiger partial charge in [0, 0.05) is 6.04 Å². The Kier molecular flexibility index (Phi) is 4.16. The van der Waals surface area contributed by atoms with Crippen molar-refractivity contribution in [2.75, 3.05) is 0 Å². The molecule has 0 unspecified atom stereocenters. The topological polar surface area (TPSA) is 50.4 Å². The van der Waals surface area contributed by atoms with E-state index in [2.05, 4.69) is 41.5 Å². The molecule has 0 saturated carbocycles. The number of benzene rings is 1.